The molecule has 1 aromatic carbocycles. The van der Waals surface area contributed by atoms with E-state index in [1.54, 1.807) is 20.8 Å². The number of hydrogen-bond donors (Lipinski definition) is 1. The minimum Gasteiger partial charge on any atom is -0.464 e. The van der Waals surface area contributed by atoms with Crippen molar-refractivity contribution >= 4 is 38.2 Å². The first kappa shape index (κ1) is 17.5. The average Bonchev–Trinajstić information content (AvgIpc) is 2.42. The summed E-state index contributed by atoms with van der Waals surface area (Å²) in [6, 6.07) is 9.22. The fourth-order valence-corrected chi connectivity index (χ4v) is 2.15. The lowest BCUT2D eigenvalue weighted by atomic mass is 10.2. The molecule has 0 saturated carbocycles. The van der Waals surface area contributed by atoms with E-state index in [4.69, 9.17) is 9.47 Å². The molecule has 0 atom stereocenters. The molecule has 1 amide bonds. The van der Waals surface area contributed by atoms with E-state index in [-0.39, 0.29) is 5.70 Å². The van der Waals surface area contributed by atoms with Crippen LogP contribution in [0.25, 0.3) is 3.58 Å². The minimum atomic E-state index is -0.701. The summed E-state index contributed by atoms with van der Waals surface area (Å²) in [7, 11) is 1.26. The Labute approximate surface area is 137 Å². The third kappa shape index (κ3) is 5.74. The number of carbonyl (C=O) groups is 2. The molecule has 21 heavy (non-hydrogen) atoms. The van der Waals surface area contributed by atoms with Crippen LogP contribution in [-0.4, -0.2) is 24.8 Å². The molecule has 0 fully saturated rings. The number of carbonyl (C=O) groups excluding carboxylic acids is 2. The molecular formula is C15H18INO4. The van der Waals surface area contributed by atoms with Crippen molar-refractivity contribution in [2.45, 2.75) is 26.4 Å². The van der Waals surface area contributed by atoms with E-state index in [0.29, 0.717) is 3.58 Å². The molecule has 1 N–H and O–H groups in total. The normalized spacial score (nSPS) is 12.2. The molecule has 0 spiro atoms. The van der Waals surface area contributed by atoms with Gasteiger partial charge in [0, 0.05) is 0 Å². The number of rotatable bonds is 3. The van der Waals surface area contributed by atoms with E-state index in [1.165, 1.54) is 7.11 Å². The maximum atomic E-state index is 11.9. The Morgan fingerprint density at radius 1 is 1.14 bits per heavy atom. The van der Waals surface area contributed by atoms with E-state index in [9.17, 15) is 9.59 Å². The summed E-state index contributed by atoms with van der Waals surface area (Å²) in [6.45, 7) is 5.24. The maximum Gasteiger partial charge on any atom is 0.412 e. The predicted octanol–water partition coefficient (Wildman–Crippen LogP) is 3.49. The van der Waals surface area contributed by atoms with Crippen molar-refractivity contribution in [3.8, 4) is 0 Å². The first-order valence-corrected chi connectivity index (χ1v) is 7.36. The number of benzene rings is 1. The number of nitrogens with one attached hydrogen (secondary N) is 1. The second kappa shape index (κ2) is 7.44. The zero-order valence-electron chi connectivity index (χ0n) is 12.4. The number of ether oxygens (including phenoxy) is 2. The molecule has 0 radical (unpaired) electrons. The molecule has 0 bridgehead atoms. The molecule has 1 aromatic rings. The van der Waals surface area contributed by atoms with E-state index in [2.05, 4.69) is 5.32 Å². The van der Waals surface area contributed by atoms with Gasteiger partial charge in [-0.3, -0.25) is 5.32 Å². The Morgan fingerprint density at radius 2 is 1.71 bits per heavy atom. The van der Waals surface area contributed by atoms with Crippen LogP contribution in [0.2, 0.25) is 0 Å². The lowest BCUT2D eigenvalue weighted by Gasteiger charge is -2.20. The van der Waals surface area contributed by atoms with Gasteiger partial charge in [-0.2, -0.15) is 0 Å². The van der Waals surface area contributed by atoms with E-state index >= 15 is 0 Å². The smallest absolute Gasteiger partial charge is 0.412 e. The Hall–Kier alpha value is -1.57. The Kier molecular flexibility index (Phi) is 6.19. The van der Waals surface area contributed by atoms with Crippen molar-refractivity contribution in [2.75, 3.05) is 7.11 Å². The third-order valence-electron chi connectivity index (χ3n) is 2.26. The largest absolute Gasteiger partial charge is 0.464 e. The first-order valence-electron chi connectivity index (χ1n) is 6.28. The summed E-state index contributed by atoms with van der Waals surface area (Å²) in [5, 5.41) is 2.46. The molecule has 0 aliphatic rings. The van der Waals surface area contributed by atoms with Crippen LogP contribution in [0.3, 0.4) is 0 Å². The van der Waals surface area contributed by atoms with Gasteiger partial charge in [-0.15, -0.1) is 0 Å². The van der Waals surface area contributed by atoms with Crippen LogP contribution < -0.4 is 5.32 Å². The highest BCUT2D eigenvalue weighted by molar-refractivity contribution is 14.1. The summed E-state index contributed by atoms with van der Waals surface area (Å²) in [5.41, 5.74) is 0.205. The Morgan fingerprint density at radius 3 is 2.19 bits per heavy atom. The van der Waals surface area contributed by atoms with Crippen LogP contribution in [-0.2, 0) is 14.3 Å². The minimum absolute atomic E-state index is 0.0542. The van der Waals surface area contributed by atoms with Crippen molar-refractivity contribution in [1.82, 2.24) is 5.32 Å². The summed E-state index contributed by atoms with van der Waals surface area (Å²) < 4.78 is 10.4. The molecule has 0 aromatic heterocycles. The van der Waals surface area contributed by atoms with Crippen molar-refractivity contribution < 1.29 is 19.1 Å². The molecular weight excluding hydrogens is 385 g/mol. The van der Waals surface area contributed by atoms with E-state index in [1.807, 2.05) is 52.9 Å². The fraction of sp³-hybridized carbons (Fsp3) is 0.333. The zero-order chi connectivity index (χ0) is 16.0. The Bertz CT molecular complexity index is 547. The van der Waals surface area contributed by atoms with Gasteiger partial charge in [0.1, 0.15) is 11.3 Å². The zero-order valence-corrected chi connectivity index (χ0v) is 14.6. The highest BCUT2D eigenvalue weighted by atomic mass is 127. The van der Waals surface area contributed by atoms with Crippen LogP contribution in [0.5, 0.6) is 0 Å². The van der Waals surface area contributed by atoms with Gasteiger partial charge in [-0.25, -0.2) is 9.59 Å². The molecule has 0 aliphatic carbocycles. The first-order chi connectivity index (χ1) is 9.74. The molecule has 0 aliphatic heterocycles. The number of hydrogen-bond acceptors (Lipinski definition) is 4. The average molecular weight is 403 g/mol. The number of esters is 1. The highest BCUT2D eigenvalue weighted by Crippen LogP contribution is 2.25. The van der Waals surface area contributed by atoms with Crippen LogP contribution in [0, 0.1) is 0 Å². The third-order valence-corrected chi connectivity index (χ3v) is 3.42. The van der Waals surface area contributed by atoms with Crippen molar-refractivity contribution in [1.29, 1.82) is 0 Å². The van der Waals surface area contributed by atoms with Gasteiger partial charge in [-0.1, -0.05) is 30.3 Å². The summed E-state index contributed by atoms with van der Waals surface area (Å²) in [4.78, 5) is 23.7. The fourth-order valence-electron chi connectivity index (χ4n) is 1.43. The molecule has 0 saturated heterocycles. The molecule has 0 heterocycles. The molecule has 6 heteroatoms. The van der Waals surface area contributed by atoms with Gasteiger partial charge < -0.3 is 9.47 Å². The number of alkyl carbamates (subject to hydrolysis) is 1. The van der Waals surface area contributed by atoms with Crippen LogP contribution >= 0.6 is 22.6 Å². The number of amides is 1. The molecule has 5 nitrogen and oxygen atoms in total. The SMILES string of the molecule is COC(=O)/C(NC(=O)OC(C)(C)C)=C(/I)c1ccccc1. The van der Waals surface area contributed by atoms with Crippen LogP contribution in [0.15, 0.2) is 36.0 Å². The molecule has 114 valence electrons. The van der Waals surface area contributed by atoms with Crippen molar-refractivity contribution in [3.63, 3.8) is 0 Å². The summed E-state index contributed by atoms with van der Waals surface area (Å²) >= 11 is 1.99. The molecule has 1 rings (SSSR count). The van der Waals surface area contributed by atoms with Gasteiger partial charge in [-0.05, 0) is 48.9 Å². The molecule has 0 unspecified atom stereocenters. The van der Waals surface area contributed by atoms with Gasteiger partial charge in [0.2, 0.25) is 0 Å². The van der Waals surface area contributed by atoms with Crippen LogP contribution in [0.1, 0.15) is 26.3 Å². The lowest BCUT2D eigenvalue weighted by molar-refractivity contribution is -0.136. The maximum absolute atomic E-state index is 11.9. The monoisotopic (exact) mass is 403 g/mol. The van der Waals surface area contributed by atoms with Gasteiger partial charge in [0.05, 0.1) is 10.7 Å². The van der Waals surface area contributed by atoms with E-state index < -0.39 is 17.7 Å². The summed E-state index contributed by atoms with van der Waals surface area (Å²) in [6.07, 6.45) is -0.701. The van der Waals surface area contributed by atoms with Gasteiger partial charge >= 0.3 is 12.1 Å². The van der Waals surface area contributed by atoms with Crippen molar-refractivity contribution in [2.24, 2.45) is 0 Å². The highest BCUT2D eigenvalue weighted by Gasteiger charge is 2.22. The second-order valence-corrected chi connectivity index (χ2v) is 6.25. The standard InChI is InChI=1S/C15H18INO4/c1-15(2,3)21-14(19)17-12(13(18)20-4)11(16)10-8-6-5-7-9-10/h5-9H,1-4H3,(H,17,19)/b12-11-. The van der Waals surface area contributed by atoms with Crippen molar-refractivity contribution in [3.05, 3.63) is 41.6 Å². The predicted molar refractivity (Wildman–Crippen MR) is 88.8 cm³/mol. The number of halogens is 1. The summed E-state index contributed by atoms with van der Waals surface area (Å²) in [5.74, 6) is -0.630. The lowest BCUT2D eigenvalue weighted by Crippen LogP contribution is -2.34. The topological polar surface area (TPSA) is 64.6 Å². The number of methoxy groups -OCH3 is 1. The Balaban J connectivity index is 3.07. The second-order valence-electron chi connectivity index (χ2n) is 5.17. The van der Waals surface area contributed by atoms with Gasteiger partial charge in [0.15, 0.2) is 0 Å². The van der Waals surface area contributed by atoms with E-state index in [0.717, 1.165) is 5.56 Å². The quantitative estimate of drug-likeness (QED) is 0.477. The van der Waals surface area contributed by atoms with Gasteiger partial charge in [0.25, 0.3) is 0 Å². The van der Waals surface area contributed by atoms with Crippen LogP contribution in [0.4, 0.5) is 4.79 Å².